The van der Waals surface area contributed by atoms with Gasteiger partial charge in [0, 0.05) is 11.3 Å². The molecule has 0 aliphatic rings. The van der Waals surface area contributed by atoms with Crippen molar-refractivity contribution in [3.05, 3.63) is 57.1 Å². The second-order valence-electron chi connectivity index (χ2n) is 4.82. The van der Waals surface area contributed by atoms with Crippen molar-refractivity contribution in [3.63, 3.8) is 0 Å². The van der Waals surface area contributed by atoms with Gasteiger partial charge in [-0.15, -0.1) is 0 Å². The van der Waals surface area contributed by atoms with Crippen LogP contribution < -0.4 is 5.32 Å². The molecular weight excluding hydrogens is 318 g/mol. The van der Waals surface area contributed by atoms with Gasteiger partial charge in [-0.1, -0.05) is 17.7 Å². The summed E-state index contributed by atoms with van der Waals surface area (Å²) in [6.45, 7) is 5.66. The third kappa shape index (κ3) is 2.85. The lowest BCUT2D eigenvalue weighted by Crippen LogP contribution is -2.13. The maximum Gasteiger partial charge on any atom is 0.255 e. The van der Waals surface area contributed by atoms with Crippen molar-refractivity contribution in [1.82, 2.24) is 0 Å². The van der Waals surface area contributed by atoms with Gasteiger partial charge in [-0.2, -0.15) is 0 Å². The van der Waals surface area contributed by atoms with Crippen LogP contribution >= 0.6 is 15.9 Å². The van der Waals surface area contributed by atoms with Gasteiger partial charge in [-0.3, -0.25) is 4.79 Å². The molecular formula is C16H16BrNO2. The van der Waals surface area contributed by atoms with Gasteiger partial charge in [0.15, 0.2) is 0 Å². The van der Waals surface area contributed by atoms with E-state index in [2.05, 4.69) is 21.2 Å². The summed E-state index contributed by atoms with van der Waals surface area (Å²) in [4.78, 5) is 12.2. The lowest BCUT2D eigenvalue weighted by Gasteiger charge is -2.13. The summed E-state index contributed by atoms with van der Waals surface area (Å²) in [5, 5.41) is 12.7. The first-order valence-corrected chi connectivity index (χ1v) is 7.06. The smallest absolute Gasteiger partial charge is 0.255 e. The third-order valence-electron chi connectivity index (χ3n) is 3.38. The number of amides is 1. The van der Waals surface area contributed by atoms with Crippen LogP contribution in [-0.4, -0.2) is 11.0 Å². The predicted octanol–water partition coefficient (Wildman–Crippen LogP) is 4.33. The summed E-state index contributed by atoms with van der Waals surface area (Å²) < 4.78 is 0.569. The lowest BCUT2D eigenvalue weighted by atomic mass is 10.1. The van der Waals surface area contributed by atoms with E-state index in [1.165, 1.54) is 0 Å². The molecule has 2 N–H and O–H groups in total. The number of halogens is 1. The normalized spacial score (nSPS) is 10.4. The van der Waals surface area contributed by atoms with E-state index in [1.807, 2.05) is 32.9 Å². The van der Waals surface area contributed by atoms with E-state index in [-0.39, 0.29) is 11.7 Å². The molecule has 104 valence electrons. The Morgan fingerprint density at radius 1 is 1.10 bits per heavy atom. The van der Waals surface area contributed by atoms with Crippen LogP contribution in [0.2, 0.25) is 0 Å². The fourth-order valence-corrected chi connectivity index (χ4v) is 2.42. The van der Waals surface area contributed by atoms with Crippen molar-refractivity contribution < 1.29 is 9.90 Å². The number of benzene rings is 2. The number of carbonyl (C=O) groups is 1. The van der Waals surface area contributed by atoms with Crippen LogP contribution in [0.15, 0.2) is 34.8 Å². The van der Waals surface area contributed by atoms with Gasteiger partial charge in [0.2, 0.25) is 0 Å². The number of rotatable bonds is 2. The van der Waals surface area contributed by atoms with Crippen molar-refractivity contribution in [2.45, 2.75) is 20.8 Å². The first-order chi connectivity index (χ1) is 9.40. The summed E-state index contributed by atoms with van der Waals surface area (Å²) in [5.41, 5.74) is 4.01. The van der Waals surface area contributed by atoms with Crippen molar-refractivity contribution in [2.24, 2.45) is 0 Å². The maximum atomic E-state index is 12.2. The Kier molecular flexibility index (Phi) is 4.14. The van der Waals surface area contributed by atoms with Gasteiger partial charge >= 0.3 is 0 Å². The van der Waals surface area contributed by atoms with E-state index in [0.717, 1.165) is 16.7 Å². The molecule has 2 aromatic carbocycles. The number of aryl methyl sites for hydroxylation is 1. The molecule has 0 heterocycles. The minimum atomic E-state index is -0.162. The molecule has 0 atom stereocenters. The van der Waals surface area contributed by atoms with Crippen molar-refractivity contribution in [3.8, 4) is 5.75 Å². The SMILES string of the molecule is Cc1ccc(C(=O)Nc2cc(Br)c(O)c(C)c2C)cc1. The zero-order chi connectivity index (χ0) is 14.9. The molecule has 0 aliphatic heterocycles. The quantitative estimate of drug-likeness (QED) is 0.803. The topological polar surface area (TPSA) is 49.3 Å². The highest BCUT2D eigenvalue weighted by Gasteiger charge is 2.13. The Morgan fingerprint density at radius 2 is 1.70 bits per heavy atom. The zero-order valence-corrected chi connectivity index (χ0v) is 13.2. The Balaban J connectivity index is 2.31. The number of aromatic hydroxyl groups is 1. The summed E-state index contributed by atoms with van der Waals surface area (Å²) in [6.07, 6.45) is 0. The number of hydrogen-bond acceptors (Lipinski definition) is 2. The maximum absolute atomic E-state index is 12.2. The standard InChI is InChI=1S/C16H16BrNO2/c1-9-4-6-12(7-5-9)16(20)18-14-8-13(17)15(19)11(3)10(14)2/h4-8,19H,1-3H3,(H,18,20). The predicted molar refractivity (Wildman–Crippen MR) is 84.4 cm³/mol. The molecule has 0 saturated heterocycles. The molecule has 0 radical (unpaired) electrons. The average molecular weight is 334 g/mol. The molecule has 0 saturated carbocycles. The molecule has 4 heteroatoms. The minimum Gasteiger partial charge on any atom is -0.506 e. The monoisotopic (exact) mass is 333 g/mol. The minimum absolute atomic E-state index is 0.162. The van der Waals surface area contributed by atoms with Crippen LogP contribution in [0.1, 0.15) is 27.0 Å². The number of phenolic OH excluding ortho intramolecular Hbond substituents is 1. The summed E-state index contributed by atoms with van der Waals surface area (Å²) in [6, 6.07) is 9.11. The second-order valence-corrected chi connectivity index (χ2v) is 5.68. The second kappa shape index (κ2) is 5.67. The highest BCUT2D eigenvalue weighted by atomic mass is 79.9. The molecule has 0 fully saturated rings. The summed E-state index contributed by atoms with van der Waals surface area (Å²) in [7, 11) is 0. The van der Waals surface area contributed by atoms with Crippen LogP contribution in [0.4, 0.5) is 5.69 Å². The molecule has 2 rings (SSSR count). The Bertz CT molecular complexity index is 663. The number of nitrogens with one attached hydrogen (secondary N) is 1. The van der Waals surface area contributed by atoms with Gasteiger partial charge in [-0.05, 0) is 66.0 Å². The van der Waals surface area contributed by atoms with E-state index in [1.54, 1.807) is 18.2 Å². The van der Waals surface area contributed by atoms with Gasteiger partial charge < -0.3 is 10.4 Å². The van der Waals surface area contributed by atoms with Gasteiger partial charge in [0.25, 0.3) is 5.91 Å². The molecule has 0 bridgehead atoms. The molecule has 0 aromatic heterocycles. The van der Waals surface area contributed by atoms with Gasteiger partial charge in [0.1, 0.15) is 5.75 Å². The molecule has 2 aromatic rings. The Morgan fingerprint density at radius 3 is 2.30 bits per heavy atom. The van der Waals surface area contributed by atoms with E-state index in [4.69, 9.17) is 0 Å². The van der Waals surface area contributed by atoms with Gasteiger partial charge in [-0.25, -0.2) is 0 Å². The van der Waals surface area contributed by atoms with Crippen molar-refractivity contribution in [2.75, 3.05) is 5.32 Å². The molecule has 0 unspecified atom stereocenters. The molecule has 0 aliphatic carbocycles. The van der Waals surface area contributed by atoms with Crippen LogP contribution in [0.25, 0.3) is 0 Å². The average Bonchev–Trinajstić information content (AvgIpc) is 2.43. The number of anilines is 1. The van der Waals surface area contributed by atoms with E-state index in [0.29, 0.717) is 15.7 Å². The lowest BCUT2D eigenvalue weighted by molar-refractivity contribution is 0.102. The summed E-state index contributed by atoms with van der Waals surface area (Å²) >= 11 is 3.29. The first kappa shape index (κ1) is 14.6. The van der Waals surface area contributed by atoms with Crippen molar-refractivity contribution in [1.29, 1.82) is 0 Å². The first-order valence-electron chi connectivity index (χ1n) is 6.27. The van der Waals surface area contributed by atoms with Crippen LogP contribution in [0.5, 0.6) is 5.75 Å². The highest BCUT2D eigenvalue weighted by Crippen LogP contribution is 2.34. The molecule has 1 amide bonds. The van der Waals surface area contributed by atoms with E-state index < -0.39 is 0 Å². The largest absolute Gasteiger partial charge is 0.506 e. The van der Waals surface area contributed by atoms with Gasteiger partial charge in [0.05, 0.1) is 4.47 Å². The molecule has 3 nitrogen and oxygen atoms in total. The number of carbonyl (C=O) groups excluding carboxylic acids is 1. The van der Waals surface area contributed by atoms with E-state index in [9.17, 15) is 9.90 Å². The number of phenols is 1. The van der Waals surface area contributed by atoms with E-state index >= 15 is 0 Å². The molecule has 0 spiro atoms. The Labute approximate surface area is 126 Å². The number of hydrogen-bond donors (Lipinski definition) is 2. The highest BCUT2D eigenvalue weighted by molar-refractivity contribution is 9.10. The Hall–Kier alpha value is -1.81. The van der Waals surface area contributed by atoms with Crippen LogP contribution in [0, 0.1) is 20.8 Å². The fourth-order valence-electron chi connectivity index (χ4n) is 1.89. The van der Waals surface area contributed by atoms with Crippen molar-refractivity contribution >= 4 is 27.5 Å². The van der Waals surface area contributed by atoms with Crippen LogP contribution in [-0.2, 0) is 0 Å². The third-order valence-corrected chi connectivity index (χ3v) is 3.99. The zero-order valence-electron chi connectivity index (χ0n) is 11.6. The molecule has 20 heavy (non-hydrogen) atoms. The van der Waals surface area contributed by atoms with Crippen LogP contribution in [0.3, 0.4) is 0 Å². The summed E-state index contributed by atoms with van der Waals surface area (Å²) in [5.74, 6) is 0.0425. The fraction of sp³-hybridized carbons (Fsp3) is 0.188.